The quantitative estimate of drug-likeness (QED) is 0.817. The topological polar surface area (TPSA) is 69.6 Å². The van der Waals surface area contributed by atoms with Gasteiger partial charge in [-0.05, 0) is 44.0 Å². The molecule has 118 valence electrons. The Morgan fingerprint density at radius 3 is 2.86 bits per heavy atom. The standard InChI is InChI=1S/C14H21FN2O3S/c1-11-4-5-13(15)14(9-11)21(19,20)17(7-8-18)10-12-3-2-6-16-12/h4-5,9,12,16,18H,2-3,6-8,10H2,1H3. The molecule has 0 aromatic heterocycles. The highest BCUT2D eigenvalue weighted by Gasteiger charge is 2.30. The first-order valence-corrected chi connectivity index (χ1v) is 8.49. The third kappa shape index (κ3) is 3.79. The maximum atomic E-state index is 13.9. The smallest absolute Gasteiger partial charge is 0.246 e. The average Bonchev–Trinajstić information content (AvgIpc) is 2.94. The Kier molecular flexibility index (Phi) is 5.32. The van der Waals surface area contributed by atoms with Gasteiger partial charge in [0.05, 0.1) is 6.61 Å². The predicted octanol–water partition coefficient (Wildman–Crippen LogP) is 0.869. The lowest BCUT2D eigenvalue weighted by molar-refractivity contribution is 0.246. The molecule has 1 unspecified atom stereocenters. The normalized spacial score (nSPS) is 19.3. The maximum absolute atomic E-state index is 13.9. The molecule has 1 fully saturated rings. The zero-order valence-electron chi connectivity index (χ0n) is 12.0. The van der Waals surface area contributed by atoms with Crippen molar-refractivity contribution < 1.29 is 17.9 Å². The summed E-state index contributed by atoms with van der Waals surface area (Å²) in [6.45, 7) is 2.49. The van der Waals surface area contributed by atoms with Crippen molar-refractivity contribution in [1.82, 2.24) is 9.62 Å². The Hall–Kier alpha value is -1.02. The highest BCUT2D eigenvalue weighted by atomic mass is 32.2. The summed E-state index contributed by atoms with van der Waals surface area (Å²) in [5.41, 5.74) is 0.679. The van der Waals surface area contributed by atoms with Crippen LogP contribution in [0.15, 0.2) is 23.1 Å². The van der Waals surface area contributed by atoms with E-state index in [1.54, 1.807) is 6.92 Å². The molecule has 1 saturated heterocycles. The van der Waals surface area contributed by atoms with Crippen molar-refractivity contribution in [2.75, 3.05) is 26.2 Å². The van der Waals surface area contributed by atoms with Crippen LogP contribution in [0.4, 0.5) is 4.39 Å². The van der Waals surface area contributed by atoms with Gasteiger partial charge in [-0.25, -0.2) is 12.8 Å². The van der Waals surface area contributed by atoms with Crippen LogP contribution < -0.4 is 5.32 Å². The molecule has 1 atom stereocenters. The van der Waals surface area contributed by atoms with E-state index < -0.39 is 15.8 Å². The van der Waals surface area contributed by atoms with Gasteiger partial charge in [0.2, 0.25) is 10.0 Å². The van der Waals surface area contributed by atoms with Gasteiger partial charge in [0, 0.05) is 19.1 Å². The van der Waals surface area contributed by atoms with E-state index in [0.29, 0.717) is 5.56 Å². The summed E-state index contributed by atoms with van der Waals surface area (Å²) in [6.07, 6.45) is 1.88. The summed E-state index contributed by atoms with van der Waals surface area (Å²) in [5.74, 6) is -0.761. The molecule has 0 aliphatic carbocycles. The largest absolute Gasteiger partial charge is 0.395 e. The lowest BCUT2D eigenvalue weighted by Gasteiger charge is -2.24. The number of aryl methyl sites for hydroxylation is 1. The molecule has 0 spiro atoms. The first kappa shape index (κ1) is 16.4. The van der Waals surface area contributed by atoms with E-state index in [9.17, 15) is 12.8 Å². The number of benzene rings is 1. The molecule has 0 radical (unpaired) electrons. The Labute approximate surface area is 124 Å². The molecule has 0 amide bonds. The van der Waals surface area contributed by atoms with Crippen LogP contribution in [0.25, 0.3) is 0 Å². The Morgan fingerprint density at radius 1 is 1.48 bits per heavy atom. The molecule has 1 aliphatic rings. The first-order valence-electron chi connectivity index (χ1n) is 7.05. The average molecular weight is 316 g/mol. The fourth-order valence-corrected chi connectivity index (χ4v) is 4.15. The summed E-state index contributed by atoms with van der Waals surface area (Å²) in [5, 5.41) is 12.3. The predicted molar refractivity (Wildman–Crippen MR) is 78.0 cm³/mol. The summed E-state index contributed by atoms with van der Waals surface area (Å²) in [4.78, 5) is -0.325. The molecular formula is C14H21FN2O3S. The van der Waals surface area contributed by atoms with Gasteiger partial charge in [-0.2, -0.15) is 4.31 Å². The van der Waals surface area contributed by atoms with E-state index in [4.69, 9.17) is 5.11 Å². The molecule has 0 bridgehead atoms. The molecule has 21 heavy (non-hydrogen) atoms. The molecule has 2 N–H and O–H groups in total. The van der Waals surface area contributed by atoms with Crippen LogP contribution in [-0.2, 0) is 10.0 Å². The van der Waals surface area contributed by atoms with E-state index in [-0.39, 0.29) is 30.6 Å². The van der Waals surface area contributed by atoms with Crippen LogP contribution in [0.3, 0.4) is 0 Å². The number of nitrogens with zero attached hydrogens (tertiary/aromatic N) is 1. The molecule has 1 aromatic rings. The van der Waals surface area contributed by atoms with E-state index in [0.717, 1.165) is 29.8 Å². The summed E-state index contributed by atoms with van der Waals surface area (Å²) in [7, 11) is -3.95. The van der Waals surface area contributed by atoms with Crippen LogP contribution >= 0.6 is 0 Å². The SMILES string of the molecule is Cc1ccc(F)c(S(=O)(=O)N(CCO)CC2CCCN2)c1. The zero-order chi connectivity index (χ0) is 15.5. The van der Waals surface area contributed by atoms with Crippen LogP contribution in [0, 0.1) is 12.7 Å². The number of halogens is 1. The molecule has 7 heteroatoms. The van der Waals surface area contributed by atoms with E-state index in [1.807, 2.05) is 0 Å². The van der Waals surface area contributed by atoms with Crippen LogP contribution in [0.2, 0.25) is 0 Å². The number of nitrogens with one attached hydrogen (secondary N) is 1. The van der Waals surface area contributed by atoms with Gasteiger partial charge < -0.3 is 10.4 Å². The molecule has 1 heterocycles. The van der Waals surface area contributed by atoms with Gasteiger partial charge >= 0.3 is 0 Å². The van der Waals surface area contributed by atoms with Crippen LogP contribution in [0.5, 0.6) is 0 Å². The minimum atomic E-state index is -3.95. The van der Waals surface area contributed by atoms with Gasteiger partial charge in [-0.15, -0.1) is 0 Å². The molecule has 2 rings (SSSR count). The molecule has 0 saturated carbocycles. The van der Waals surface area contributed by atoms with Crippen molar-refractivity contribution in [3.05, 3.63) is 29.6 Å². The molecule has 5 nitrogen and oxygen atoms in total. The van der Waals surface area contributed by atoms with Crippen molar-refractivity contribution in [3.63, 3.8) is 0 Å². The van der Waals surface area contributed by atoms with Crippen molar-refractivity contribution in [2.24, 2.45) is 0 Å². The minimum absolute atomic E-state index is 0.0338. The summed E-state index contributed by atoms with van der Waals surface area (Å²) >= 11 is 0. The molecular weight excluding hydrogens is 295 g/mol. The lowest BCUT2D eigenvalue weighted by atomic mass is 10.2. The van der Waals surface area contributed by atoms with Gasteiger partial charge in [0.1, 0.15) is 10.7 Å². The van der Waals surface area contributed by atoms with E-state index in [2.05, 4.69) is 5.32 Å². The monoisotopic (exact) mass is 316 g/mol. The van der Waals surface area contributed by atoms with E-state index >= 15 is 0 Å². The van der Waals surface area contributed by atoms with Crippen molar-refractivity contribution in [1.29, 1.82) is 0 Å². The zero-order valence-corrected chi connectivity index (χ0v) is 12.9. The lowest BCUT2D eigenvalue weighted by Crippen LogP contribution is -2.42. The van der Waals surface area contributed by atoms with Crippen molar-refractivity contribution in [3.8, 4) is 0 Å². The highest BCUT2D eigenvalue weighted by molar-refractivity contribution is 7.89. The first-order chi connectivity index (χ1) is 9.95. The van der Waals surface area contributed by atoms with Crippen LogP contribution in [-0.4, -0.2) is 50.1 Å². The maximum Gasteiger partial charge on any atom is 0.246 e. The second-order valence-electron chi connectivity index (χ2n) is 5.31. The fourth-order valence-electron chi connectivity index (χ4n) is 2.53. The second-order valence-corrected chi connectivity index (χ2v) is 7.22. The Bertz CT molecular complexity index is 586. The number of aliphatic hydroxyl groups excluding tert-OH is 1. The van der Waals surface area contributed by atoms with Crippen molar-refractivity contribution in [2.45, 2.75) is 30.7 Å². The number of rotatable bonds is 6. The second kappa shape index (κ2) is 6.83. The fraction of sp³-hybridized carbons (Fsp3) is 0.571. The van der Waals surface area contributed by atoms with E-state index in [1.165, 1.54) is 12.1 Å². The third-order valence-corrected chi connectivity index (χ3v) is 5.52. The van der Waals surface area contributed by atoms with Gasteiger partial charge in [0.25, 0.3) is 0 Å². The van der Waals surface area contributed by atoms with Gasteiger partial charge in [0.15, 0.2) is 0 Å². The highest BCUT2D eigenvalue weighted by Crippen LogP contribution is 2.21. The molecule has 1 aromatic carbocycles. The number of sulfonamides is 1. The number of hydrogen-bond acceptors (Lipinski definition) is 4. The third-order valence-electron chi connectivity index (χ3n) is 3.64. The number of hydrogen-bond donors (Lipinski definition) is 2. The minimum Gasteiger partial charge on any atom is -0.395 e. The summed E-state index contributed by atoms with van der Waals surface area (Å²) in [6, 6.07) is 4.08. The molecule has 1 aliphatic heterocycles. The van der Waals surface area contributed by atoms with Crippen LogP contribution in [0.1, 0.15) is 18.4 Å². The summed E-state index contributed by atoms with van der Waals surface area (Å²) < 4.78 is 40.3. The van der Waals surface area contributed by atoms with Crippen molar-refractivity contribution >= 4 is 10.0 Å². The Balaban J connectivity index is 2.29. The van der Waals surface area contributed by atoms with Gasteiger partial charge in [-0.1, -0.05) is 6.07 Å². The number of aliphatic hydroxyl groups is 1. The Morgan fingerprint density at radius 2 is 2.24 bits per heavy atom. The van der Waals surface area contributed by atoms with Gasteiger partial charge in [-0.3, -0.25) is 0 Å².